The molecule has 0 aromatic rings. The normalized spacial score (nSPS) is 28.1. The molecule has 1 atom stereocenters. The largest absolute Gasteiger partial charge is 0.391 e. The quantitative estimate of drug-likeness (QED) is 0.721. The van der Waals surface area contributed by atoms with E-state index in [4.69, 9.17) is 4.74 Å². The first kappa shape index (κ1) is 21.3. The summed E-state index contributed by atoms with van der Waals surface area (Å²) in [6, 6.07) is 0. The second-order valence-electron chi connectivity index (χ2n) is 9.12. The summed E-state index contributed by atoms with van der Waals surface area (Å²) in [7, 11) is 0. The first-order chi connectivity index (χ1) is 13.2. The molecule has 7 heteroatoms. The fraction of sp³-hybridized carbons (Fsp3) is 0.810. The fourth-order valence-electron chi connectivity index (χ4n) is 4.72. The molecule has 1 N–H and O–H groups in total. The van der Waals surface area contributed by atoms with E-state index in [9.17, 15) is 14.7 Å². The second kappa shape index (κ2) is 8.51. The third-order valence-electron chi connectivity index (χ3n) is 6.87. The number of nitrogens with zero attached hydrogens (tertiary/aromatic N) is 3. The Labute approximate surface area is 168 Å². The first-order valence-electron chi connectivity index (χ1n) is 10.5. The van der Waals surface area contributed by atoms with Gasteiger partial charge in [-0.15, -0.1) is 0 Å². The molecule has 3 aliphatic heterocycles. The van der Waals surface area contributed by atoms with Crippen LogP contribution in [0.3, 0.4) is 0 Å². The highest BCUT2D eigenvalue weighted by molar-refractivity contribution is 5.87. The lowest BCUT2D eigenvalue weighted by Gasteiger charge is -2.55. The number of ether oxygens (including phenoxy) is 1. The van der Waals surface area contributed by atoms with E-state index in [0.717, 1.165) is 45.7 Å². The Morgan fingerprint density at radius 1 is 1.14 bits per heavy atom. The Morgan fingerprint density at radius 3 is 2.39 bits per heavy atom. The maximum Gasteiger partial charge on any atom is 0.246 e. The van der Waals surface area contributed by atoms with E-state index in [-0.39, 0.29) is 17.2 Å². The fourth-order valence-corrected chi connectivity index (χ4v) is 4.72. The Morgan fingerprint density at radius 2 is 1.79 bits per heavy atom. The van der Waals surface area contributed by atoms with Crippen molar-refractivity contribution in [1.29, 1.82) is 0 Å². The highest BCUT2D eigenvalue weighted by Gasteiger charge is 2.50. The summed E-state index contributed by atoms with van der Waals surface area (Å²) < 4.78 is 5.34. The van der Waals surface area contributed by atoms with Crippen LogP contribution in [0.5, 0.6) is 0 Å². The van der Waals surface area contributed by atoms with Crippen molar-refractivity contribution in [1.82, 2.24) is 14.7 Å². The van der Waals surface area contributed by atoms with Crippen molar-refractivity contribution < 1.29 is 19.4 Å². The highest BCUT2D eigenvalue weighted by atomic mass is 16.5. The number of likely N-dealkylation sites (tertiary alicyclic amines) is 2. The Kier molecular flexibility index (Phi) is 6.47. The summed E-state index contributed by atoms with van der Waals surface area (Å²) in [6.45, 7) is 11.6. The van der Waals surface area contributed by atoms with Crippen LogP contribution in [0.15, 0.2) is 12.2 Å². The van der Waals surface area contributed by atoms with Crippen molar-refractivity contribution in [3.63, 3.8) is 0 Å². The number of piperidine rings is 2. The molecule has 0 aromatic heterocycles. The van der Waals surface area contributed by atoms with Crippen LogP contribution in [-0.2, 0) is 14.3 Å². The van der Waals surface area contributed by atoms with E-state index in [2.05, 4.69) is 4.90 Å². The number of rotatable bonds is 3. The Hall–Kier alpha value is -1.44. The number of hydrogen-bond acceptors (Lipinski definition) is 5. The van der Waals surface area contributed by atoms with E-state index in [1.165, 1.54) is 0 Å². The maximum atomic E-state index is 12.5. The van der Waals surface area contributed by atoms with Crippen molar-refractivity contribution in [3.05, 3.63) is 12.2 Å². The van der Waals surface area contributed by atoms with Crippen LogP contribution < -0.4 is 0 Å². The predicted molar refractivity (Wildman–Crippen MR) is 107 cm³/mol. The van der Waals surface area contributed by atoms with E-state index < -0.39 is 11.6 Å². The molecule has 2 amide bonds. The molecule has 3 heterocycles. The van der Waals surface area contributed by atoms with E-state index in [1.54, 1.807) is 13.0 Å². The molecule has 0 aliphatic carbocycles. The maximum absolute atomic E-state index is 12.5. The number of hydrogen-bond donors (Lipinski definition) is 1. The minimum atomic E-state index is -0.541. The summed E-state index contributed by atoms with van der Waals surface area (Å²) in [5.41, 5.74) is -0.624. The van der Waals surface area contributed by atoms with Crippen LogP contribution in [0.25, 0.3) is 0 Å². The number of aliphatic hydroxyl groups is 1. The van der Waals surface area contributed by atoms with Gasteiger partial charge in [0.25, 0.3) is 0 Å². The molecule has 0 radical (unpaired) electrons. The number of amides is 2. The average molecular weight is 394 g/mol. The zero-order valence-electron chi connectivity index (χ0n) is 17.5. The first-order valence-corrected chi connectivity index (χ1v) is 10.5. The standard InChI is InChI=1S/C21H35N3O4/c1-17(25)24-16-21(15-18(26)20(24,2)3)6-9-23(10-7-21)19(27)5-4-8-22-11-13-28-14-12-22/h4-5,18,26H,6-16H2,1-3H3/b5-4+/t18-/m0/s1. The Bertz CT molecular complexity index is 605. The highest BCUT2D eigenvalue weighted by Crippen LogP contribution is 2.45. The molecule has 158 valence electrons. The van der Waals surface area contributed by atoms with Gasteiger partial charge in [-0.25, -0.2) is 0 Å². The van der Waals surface area contributed by atoms with Crippen LogP contribution in [0.4, 0.5) is 0 Å². The monoisotopic (exact) mass is 393 g/mol. The average Bonchev–Trinajstić information content (AvgIpc) is 2.66. The molecular formula is C21H35N3O4. The molecule has 3 fully saturated rings. The van der Waals surface area contributed by atoms with Gasteiger partial charge in [0.15, 0.2) is 0 Å². The number of carbonyl (C=O) groups excluding carboxylic acids is 2. The molecule has 3 saturated heterocycles. The molecule has 0 aromatic carbocycles. The predicted octanol–water partition coefficient (Wildman–Crippen LogP) is 0.875. The smallest absolute Gasteiger partial charge is 0.246 e. The van der Waals surface area contributed by atoms with E-state index >= 15 is 0 Å². The number of morpholine rings is 1. The zero-order chi connectivity index (χ0) is 20.4. The lowest BCUT2D eigenvalue weighted by atomic mass is 9.67. The van der Waals surface area contributed by atoms with Crippen LogP contribution >= 0.6 is 0 Å². The molecule has 28 heavy (non-hydrogen) atoms. The molecule has 3 rings (SSSR count). The molecule has 0 unspecified atom stereocenters. The van der Waals surface area contributed by atoms with Gasteiger partial charge in [-0.2, -0.15) is 0 Å². The molecule has 0 bridgehead atoms. The molecule has 7 nitrogen and oxygen atoms in total. The van der Waals surface area contributed by atoms with Gasteiger partial charge >= 0.3 is 0 Å². The molecular weight excluding hydrogens is 358 g/mol. The van der Waals surface area contributed by atoms with Crippen molar-refractivity contribution >= 4 is 11.8 Å². The van der Waals surface area contributed by atoms with E-state index in [1.807, 2.05) is 29.7 Å². The lowest BCUT2D eigenvalue weighted by molar-refractivity contribution is -0.158. The Balaban J connectivity index is 1.53. The third-order valence-corrected chi connectivity index (χ3v) is 6.87. The van der Waals surface area contributed by atoms with Crippen molar-refractivity contribution in [2.75, 3.05) is 52.5 Å². The van der Waals surface area contributed by atoms with E-state index in [0.29, 0.717) is 26.1 Å². The number of carbonyl (C=O) groups is 2. The second-order valence-corrected chi connectivity index (χ2v) is 9.12. The van der Waals surface area contributed by atoms with Crippen molar-refractivity contribution in [2.24, 2.45) is 5.41 Å². The third kappa shape index (κ3) is 4.58. The van der Waals surface area contributed by atoms with Gasteiger partial charge < -0.3 is 19.6 Å². The van der Waals surface area contributed by atoms with Crippen molar-refractivity contribution in [3.8, 4) is 0 Å². The van der Waals surface area contributed by atoms with Gasteiger partial charge in [-0.1, -0.05) is 6.08 Å². The minimum absolute atomic E-state index is 0.00711. The van der Waals surface area contributed by atoms with Crippen LogP contribution in [-0.4, -0.2) is 95.7 Å². The van der Waals surface area contributed by atoms with Crippen LogP contribution in [0.1, 0.15) is 40.0 Å². The zero-order valence-corrected chi connectivity index (χ0v) is 17.5. The minimum Gasteiger partial charge on any atom is -0.391 e. The van der Waals surface area contributed by atoms with Gasteiger partial charge in [-0.05, 0) is 38.5 Å². The van der Waals surface area contributed by atoms with Gasteiger partial charge in [-0.3, -0.25) is 14.5 Å². The summed E-state index contributed by atoms with van der Waals surface area (Å²) in [5.74, 6) is 0.0656. The summed E-state index contributed by atoms with van der Waals surface area (Å²) >= 11 is 0. The van der Waals surface area contributed by atoms with Gasteiger partial charge in [0, 0.05) is 52.3 Å². The topological polar surface area (TPSA) is 73.3 Å². The van der Waals surface area contributed by atoms with Gasteiger partial charge in [0.05, 0.1) is 24.9 Å². The molecule has 0 saturated carbocycles. The summed E-state index contributed by atoms with van der Waals surface area (Å²) in [5, 5.41) is 10.7. The molecule has 3 aliphatic rings. The van der Waals surface area contributed by atoms with Crippen molar-refractivity contribution in [2.45, 2.75) is 51.7 Å². The lowest BCUT2D eigenvalue weighted by Crippen LogP contribution is -2.64. The van der Waals surface area contributed by atoms with Crippen LogP contribution in [0, 0.1) is 5.41 Å². The van der Waals surface area contributed by atoms with Gasteiger partial charge in [0.1, 0.15) is 0 Å². The summed E-state index contributed by atoms with van der Waals surface area (Å²) in [6.07, 6.45) is 5.44. The van der Waals surface area contributed by atoms with Gasteiger partial charge in [0.2, 0.25) is 11.8 Å². The number of aliphatic hydroxyl groups excluding tert-OH is 1. The molecule has 1 spiro atoms. The van der Waals surface area contributed by atoms with Crippen LogP contribution in [0.2, 0.25) is 0 Å². The SMILES string of the molecule is CC(=O)N1CC2(CCN(C(=O)/C=C/CN3CCOCC3)CC2)C[C@H](O)C1(C)C. The summed E-state index contributed by atoms with van der Waals surface area (Å²) in [4.78, 5) is 30.7.